The van der Waals surface area contributed by atoms with Gasteiger partial charge >= 0.3 is 0 Å². The molecule has 0 fully saturated rings. The number of carbonyl (C=O) groups excluding carboxylic acids is 1. The van der Waals surface area contributed by atoms with E-state index in [-0.39, 0.29) is 11.5 Å². The van der Waals surface area contributed by atoms with Crippen LogP contribution in [0.15, 0.2) is 29.8 Å². The van der Waals surface area contributed by atoms with Crippen LogP contribution < -0.4 is 5.73 Å². The smallest absolute Gasteiger partial charge is 0.256 e. The van der Waals surface area contributed by atoms with Gasteiger partial charge in [-0.05, 0) is 31.5 Å². The number of carbonyl (C=O) groups is 1. The lowest BCUT2D eigenvalue weighted by Crippen LogP contribution is -2.35. The molecule has 0 radical (unpaired) electrons. The van der Waals surface area contributed by atoms with Gasteiger partial charge in [-0.3, -0.25) is 4.79 Å². The van der Waals surface area contributed by atoms with Gasteiger partial charge in [0.25, 0.3) is 5.91 Å². The third kappa shape index (κ3) is 2.46. The van der Waals surface area contributed by atoms with Gasteiger partial charge in [-0.15, -0.1) is 0 Å². The van der Waals surface area contributed by atoms with Crippen LogP contribution in [-0.4, -0.2) is 23.9 Å². The molecule has 0 aliphatic carbocycles. The Morgan fingerprint density at radius 3 is 2.88 bits per heavy atom. The molecule has 1 heterocycles. The minimum absolute atomic E-state index is 0.203. The van der Waals surface area contributed by atoms with Crippen LogP contribution in [0.25, 0.3) is 0 Å². The minimum atomic E-state index is -0.439. The molecule has 0 spiro atoms. The number of halogens is 1. The average Bonchev–Trinajstić information content (AvgIpc) is 2.32. The van der Waals surface area contributed by atoms with Gasteiger partial charge in [0.1, 0.15) is 5.82 Å². The summed E-state index contributed by atoms with van der Waals surface area (Å²) < 4.78 is 13.1. The summed E-state index contributed by atoms with van der Waals surface area (Å²) in [6, 6.07) is 3.88. The summed E-state index contributed by atoms with van der Waals surface area (Å²) in [7, 11) is 0. The van der Waals surface area contributed by atoms with E-state index in [0.29, 0.717) is 18.8 Å². The molecule has 1 aromatic carbocycles. The van der Waals surface area contributed by atoms with Gasteiger partial charge in [0.05, 0.1) is 5.56 Å². The van der Waals surface area contributed by atoms with E-state index in [1.807, 2.05) is 13.0 Å². The fourth-order valence-corrected chi connectivity index (χ4v) is 1.84. The predicted molar refractivity (Wildman–Crippen MR) is 65.1 cm³/mol. The SMILES string of the molecule is CC1=CCN(C(=O)c2cc(F)ccc2N)CC1. The van der Waals surface area contributed by atoms with E-state index in [2.05, 4.69) is 0 Å². The molecule has 1 aliphatic rings. The molecule has 4 heteroatoms. The van der Waals surface area contributed by atoms with Gasteiger partial charge in [0, 0.05) is 18.8 Å². The summed E-state index contributed by atoms with van der Waals surface area (Å²) in [6.07, 6.45) is 2.87. The summed E-state index contributed by atoms with van der Waals surface area (Å²) in [6.45, 7) is 3.27. The highest BCUT2D eigenvalue weighted by atomic mass is 19.1. The zero-order chi connectivity index (χ0) is 12.4. The quantitative estimate of drug-likeness (QED) is 0.598. The largest absolute Gasteiger partial charge is 0.398 e. The topological polar surface area (TPSA) is 46.3 Å². The first-order valence-electron chi connectivity index (χ1n) is 5.58. The van der Waals surface area contributed by atoms with Gasteiger partial charge in [-0.25, -0.2) is 4.39 Å². The number of anilines is 1. The highest BCUT2D eigenvalue weighted by molar-refractivity contribution is 5.99. The van der Waals surface area contributed by atoms with Gasteiger partial charge in [0.2, 0.25) is 0 Å². The summed E-state index contributed by atoms with van der Waals surface area (Å²) in [5.41, 5.74) is 7.54. The van der Waals surface area contributed by atoms with Gasteiger partial charge in [-0.1, -0.05) is 11.6 Å². The standard InChI is InChI=1S/C13H15FN2O/c1-9-4-6-16(7-5-9)13(17)11-8-10(14)2-3-12(11)15/h2-4,8H,5-7,15H2,1H3. The molecular weight excluding hydrogens is 219 g/mol. The van der Waals surface area contributed by atoms with Crippen molar-refractivity contribution in [2.75, 3.05) is 18.8 Å². The van der Waals surface area contributed by atoms with Crippen LogP contribution in [-0.2, 0) is 0 Å². The van der Waals surface area contributed by atoms with Crippen LogP contribution in [0.1, 0.15) is 23.7 Å². The summed E-state index contributed by atoms with van der Waals surface area (Å²) >= 11 is 0. The number of hydrogen-bond acceptors (Lipinski definition) is 2. The van der Waals surface area contributed by atoms with E-state index < -0.39 is 5.82 Å². The van der Waals surface area contributed by atoms with Crippen LogP contribution in [0.4, 0.5) is 10.1 Å². The second-order valence-corrected chi connectivity index (χ2v) is 4.28. The van der Waals surface area contributed by atoms with Crippen molar-refractivity contribution in [2.24, 2.45) is 0 Å². The van der Waals surface area contributed by atoms with Crippen molar-refractivity contribution in [1.82, 2.24) is 4.90 Å². The Kier molecular flexibility index (Phi) is 3.13. The molecule has 0 saturated carbocycles. The first-order valence-corrected chi connectivity index (χ1v) is 5.58. The highest BCUT2D eigenvalue weighted by Crippen LogP contribution is 2.18. The molecule has 0 aromatic heterocycles. The molecule has 0 bridgehead atoms. The van der Waals surface area contributed by atoms with Crippen LogP contribution in [0.3, 0.4) is 0 Å². The molecule has 17 heavy (non-hydrogen) atoms. The maximum Gasteiger partial charge on any atom is 0.256 e. The Bertz CT molecular complexity index is 482. The van der Waals surface area contributed by atoms with Gasteiger partial charge in [-0.2, -0.15) is 0 Å². The molecular formula is C13H15FN2O. The average molecular weight is 234 g/mol. The van der Waals surface area contributed by atoms with E-state index in [1.54, 1.807) is 4.90 Å². The van der Waals surface area contributed by atoms with E-state index >= 15 is 0 Å². The van der Waals surface area contributed by atoms with Crippen molar-refractivity contribution < 1.29 is 9.18 Å². The fourth-order valence-electron chi connectivity index (χ4n) is 1.84. The van der Waals surface area contributed by atoms with E-state index in [9.17, 15) is 9.18 Å². The van der Waals surface area contributed by atoms with Crippen molar-refractivity contribution in [3.8, 4) is 0 Å². The number of rotatable bonds is 1. The lowest BCUT2D eigenvalue weighted by atomic mass is 10.1. The molecule has 90 valence electrons. The van der Waals surface area contributed by atoms with E-state index in [0.717, 1.165) is 6.42 Å². The van der Waals surface area contributed by atoms with Crippen LogP contribution in [0.2, 0.25) is 0 Å². The first-order chi connectivity index (χ1) is 8.08. The van der Waals surface area contributed by atoms with E-state index in [4.69, 9.17) is 5.73 Å². The van der Waals surface area contributed by atoms with Crippen molar-refractivity contribution in [2.45, 2.75) is 13.3 Å². The highest BCUT2D eigenvalue weighted by Gasteiger charge is 2.19. The maximum absolute atomic E-state index is 13.1. The second kappa shape index (κ2) is 4.57. The molecule has 2 rings (SSSR count). The lowest BCUT2D eigenvalue weighted by Gasteiger charge is -2.26. The Balaban J connectivity index is 2.23. The normalized spacial score (nSPS) is 15.6. The first kappa shape index (κ1) is 11.6. The van der Waals surface area contributed by atoms with Gasteiger partial charge in [0.15, 0.2) is 0 Å². The van der Waals surface area contributed by atoms with Crippen molar-refractivity contribution in [3.05, 3.63) is 41.2 Å². The summed E-state index contributed by atoms with van der Waals surface area (Å²) in [5.74, 6) is -0.642. The predicted octanol–water partition coefficient (Wildman–Crippen LogP) is 2.20. The Morgan fingerprint density at radius 1 is 1.47 bits per heavy atom. The Hall–Kier alpha value is -1.84. The van der Waals surface area contributed by atoms with Gasteiger partial charge < -0.3 is 10.6 Å². The van der Waals surface area contributed by atoms with Crippen molar-refractivity contribution in [3.63, 3.8) is 0 Å². The fraction of sp³-hybridized carbons (Fsp3) is 0.308. The van der Waals surface area contributed by atoms with Crippen LogP contribution >= 0.6 is 0 Å². The van der Waals surface area contributed by atoms with Crippen molar-refractivity contribution >= 4 is 11.6 Å². The molecule has 2 N–H and O–H groups in total. The zero-order valence-electron chi connectivity index (χ0n) is 9.74. The molecule has 0 atom stereocenters. The summed E-state index contributed by atoms with van der Waals surface area (Å²) in [5, 5.41) is 0. The lowest BCUT2D eigenvalue weighted by molar-refractivity contribution is 0.0769. The number of nitrogens with two attached hydrogens (primary N) is 1. The molecule has 1 amide bonds. The Morgan fingerprint density at radius 2 is 2.24 bits per heavy atom. The third-order valence-electron chi connectivity index (χ3n) is 2.97. The van der Waals surface area contributed by atoms with Crippen LogP contribution in [0.5, 0.6) is 0 Å². The number of benzene rings is 1. The Labute approximate surface area is 99.7 Å². The van der Waals surface area contributed by atoms with Crippen molar-refractivity contribution in [1.29, 1.82) is 0 Å². The number of amides is 1. The second-order valence-electron chi connectivity index (χ2n) is 4.28. The molecule has 1 aliphatic heterocycles. The third-order valence-corrected chi connectivity index (χ3v) is 2.97. The molecule has 1 aromatic rings. The zero-order valence-corrected chi connectivity index (χ0v) is 9.74. The maximum atomic E-state index is 13.1. The summed E-state index contributed by atoms with van der Waals surface area (Å²) in [4.78, 5) is 13.8. The monoisotopic (exact) mass is 234 g/mol. The number of nitrogens with zero attached hydrogens (tertiary/aromatic N) is 1. The van der Waals surface area contributed by atoms with Crippen LogP contribution in [0, 0.1) is 5.82 Å². The molecule has 0 saturated heterocycles. The minimum Gasteiger partial charge on any atom is -0.398 e. The van der Waals surface area contributed by atoms with E-state index in [1.165, 1.54) is 23.8 Å². The number of hydrogen-bond donors (Lipinski definition) is 1. The number of nitrogen functional groups attached to an aromatic ring is 1. The molecule has 3 nitrogen and oxygen atoms in total. The molecule has 0 unspecified atom stereocenters.